The average molecular weight is 279 g/mol. The number of likely N-dealkylation sites (tertiary alicyclic amines) is 1. The van der Waals surface area contributed by atoms with E-state index in [9.17, 15) is 15.2 Å². The molecule has 1 aliphatic heterocycles. The van der Waals surface area contributed by atoms with Gasteiger partial charge in [0.2, 0.25) is 0 Å². The number of β-amino-alcohol motifs (C(OH)–C–C–N with tert-alkyl or cyclic N) is 1. The normalized spacial score (nSPS) is 19.8. The minimum Gasteiger partial charge on any atom is -0.392 e. The number of benzene rings is 1. The van der Waals surface area contributed by atoms with Gasteiger partial charge in [-0.3, -0.25) is 15.0 Å². The van der Waals surface area contributed by atoms with Crippen molar-refractivity contribution >= 4 is 11.4 Å². The first kappa shape index (κ1) is 14.7. The predicted octanol–water partition coefficient (Wildman–Crippen LogP) is 1.98. The molecule has 1 atom stereocenters. The molecule has 0 amide bonds. The molecule has 0 aliphatic carbocycles. The number of nitrogens with zero attached hydrogens (tertiary/aromatic N) is 2. The van der Waals surface area contributed by atoms with Crippen LogP contribution in [0.15, 0.2) is 18.2 Å². The van der Waals surface area contributed by atoms with Crippen LogP contribution in [0.3, 0.4) is 0 Å². The van der Waals surface area contributed by atoms with Crippen LogP contribution in [0.25, 0.3) is 0 Å². The number of rotatable bonds is 5. The van der Waals surface area contributed by atoms with Crippen molar-refractivity contribution in [3.05, 3.63) is 33.9 Å². The maximum Gasteiger partial charge on any atom is 0.292 e. The van der Waals surface area contributed by atoms with Crippen LogP contribution in [0, 0.1) is 10.1 Å². The van der Waals surface area contributed by atoms with Crippen LogP contribution in [0.5, 0.6) is 0 Å². The first-order valence-corrected chi connectivity index (χ1v) is 7.01. The van der Waals surface area contributed by atoms with E-state index in [4.69, 9.17) is 0 Å². The second-order valence-corrected chi connectivity index (χ2v) is 5.17. The van der Waals surface area contributed by atoms with Gasteiger partial charge in [-0.2, -0.15) is 0 Å². The summed E-state index contributed by atoms with van der Waals surface area (Å²) in [4.78, 5) is 12.9. The van der Waals surface area contributed by atoms with Crippen molar-refractivity contribution in [3.8, 4) is 0 Å². The van der Waals surface area contributed by atoms with E-state index in [1.807, 2.05) is 13.0 Å². The van der Waals surface area contributed by atoms with Crippen LogP contribution in [-0.4, -0.2) is 40.7 Å². The molecule has 110 valence electrons. The van der Waals surface area contributed by atoms with Gasteiger partial charge in [0.25, 0.3) is 5.69 Å². The zero-order chi connectivity index (χ0) is 14.5. The lowest BCUT2D eigenvalue weighted by Gasteiger charge is -2.29. The Morgan fingerprint density at radius 3 is 3.00 bits per heavy atom. The van der Waals surface area contributed by atoms with Crippen molar-refractivity contribution < 1.29 is 10.0 Å². The fourth-order valence-electron chi connectivity index (χ4n) is 2.60. The fourth-order valence-corrected chi connectivity index (χ4v) is 2.60. The molecule has 1 saturated heterocycles. The molecule has 0 bridgehead atoms. The summed E-state index contributed by atoms with van der Waals surface area (Å²) in [7, 11) is 0. The molecule has 6 heteroatoms. The van der Waals surface area contributed by atoms with E-state index in [-0.39, 0.29) is 16.7 Å². The van der Waals surface area contributed by atoms with Gasteiger partial charge >= 0.3 is 0 Å². The quantitative estimate of drug-likeness (QED) is 0.636. The van der Waals surface area contributed by atoms with E-state index in [1.54, 1.807) is 12.1 Å². The number of hydrogen-bond donors (Lipinski definition) is 2. The standard InChI is InChI=1S/C14H21N3O3/c1-2-15-13-6-5-11(8-14(13)17(19)20)9-16-7-3-4-12(18)10-16/h5-6,8,12,15,18H,2-4,7,9-10H2,1H3. The van der Waals surface area contributed by atoms with Crippen LogP contribution in [0.1, 0.15) is 25.3 Å². The topological polar surface area (TPSA) is 78.6 Å². The molecule has 2 rings (SSSR count). The van der Waals surface area contributed by atoms with Gasteiger partial charge in [0.1, 0.15) is 5.69 Å². The second kappa shape index (κ2) is 6.67. The first-order chi connectivity index (χ1) is 9.60. The summed E-state index contributed by atoms with van der Waals surface area (Å²) in [5, 5.41) is 23.8. The monoisotopic (exact) mass is 279 g/mol. The highest BCUT2D eigenvalue weighted by Crippen LogP contribution is 2.26. The minimum absolute atomic E-state index is 0.113. The van der Waals surface area contributed by atoms with Gasteiger partial charge in [-0.05, 0) is 37.9 Å². The third-order valence-electron chi connectivity index (χ3n) is 3.51. The Bertz CT molecular complexity index is 479. The lowest BCUT2D eigenvalue weighted by atomic mass is 10.1. The summed E-state index contributed by atoms with van der Waals surface area (Å²) < 4.78 is 0. The number of nitrogens with one attached hydrogen (secondary N) is 1. The maximum absolute atomic E-state index is 11.1. The van der Waals surface area contributed by atoms with Crippen molar-refractivity contribution in [2.75, 3.05) is 25.0 Å². The first-order valence-electron chi connectivity index (χ1n) is 7.01. The molecule has 0 saturated carbocycles. The average Bonchev–Trinajstić information content (AvgIpc) is 2.40. The third-order valence-corrected chi connectivity index (χ3v) is 3.51. The lowest BCUT2D eigenvalue weighted by molar-refractivity contribution is -0.384. The van der Waals surface area contributed by atoms with E-state index in [1.165, 1.54) is 0 Å². The minimum atomic E-state index is -0.355. The molecule has 1 aliphatic rings. The number of hydrogen-bond acceptors (Lipinski definition) is 5. The summed E-state index contributed by atoms with van der Waals surface area (Å²) in [5.41, 5.74) is 1.58. The SMILES string of the molecule is CCNc1ccc(CN2CCCC(O)C2)cc1[N+](=O)[O-]. The van der Waals surface area contributed by atoms with Gasteiger partial charge < -0.3 is 10.4 Å². The highest BCUT2D eigenvalue weighted by atomic mass is 16.6. The smallest absolute Gasteiger partial charge is 0.292 e. The number of aliphatic hydroxyl groups excluding tert-OH is 1. The van der Waals surface area contributed by atoms with Crippen molar-refractivity contribution in [1.29, 1.82) is 0 Å². The zero-order valence-corrected chi connectivity index (χ0v) is 11.7. The summed E-state index contributed by atoms with van der Waals surface area (Å²) in [6.07, 6.45) is 1.54. The summed E-state index contributed by atoms with van der Waals surface area (Å²) in [6, 6.07) is 5.29. The van der Waals surface area contributed by atoms with Gasteiger partial charge in [-0.15, -0.1) is 0 Å². The Kier molecular flexibility index (Phi) is 4.92. The number of piperidine rings is 1. The largest absolute Gasteiger partial charge is 0.392 e. The van der Waals surface area contributed by atoms with Gasteiger partial charge in [0.05, 0.1) is 11.0 Å². The molecule has 1 unspecified atom stereocenters. The van der Waals surface area contributed by atoms with Crippen LogP contribution < -0.4 is 5.32 Å². The molecule has 6 nitrogen and oxygen atoms in total. The fraction of sp³-hybridized carbons (Fsp3) is 0.571. The molecule has 20 heavy (non-hydrogen) atoms. The molecule has 0 aromatic heterocycles. The molecule has 1 aromatic rings. The lowest BCUT2D eigenvalue weighted by Crippen LogP contribution is -2.37. The van der Waals surface area contributed by atoms with Crippen molar-refractivity contribution in [3.63, 3.8) is 0 Å². The molecule has 1 aromatic carbocycles. The van der Waals surface area contributed by atoms with Crippen molar-refractivity contribution in [1.82, 2.24) is 4.90 Å². The summed E-state index contributed by atoms with van der Waals surface area (Å²) >= 11 is 0. The van der Waals surface area contributed by atoms with Crippen LogP contribution in [0.4, 0.5) is 11.4 Å². The third kappa shape index (κ3) is 3.68. The molecule has 0 radical (unpaired) electrons. The van der Waals surface area contributed by atoms with E-state index < -0.39 is 0 Å². The summed E-state index contributed by atoms with van der Waals surface area (Å²) in [5.74, 6) is 0. The Balaban J connectivity index is 2.12. The van der Waals surface area contributed by atoms with E-state index in [0.29, 0.717) is 25.3 Å². The zero-order valence-electron chi connectivity index (χ0n) is 11.7. The molecule has 1 fully saturated rings. The van der Waals surface area contributed by atoms with Gasteiger partial charge in [-0.25, -0.2) is 0 Å². The summed E-state index contributed by atoms with van der Waals surface area (Å²) in [6.45, 7) is 4.78. The van der Waals surface area contributed by atoms with Crippen molar-refractivity contribution in [2.45, 2.75) is 32.4 Å². The second-order valence-electron chi connectivity index (χ2n) is 5.17. The number of aliphatic hydroxyl groups is 1. The van der Waals surface area contributed by atoms with E-state index in [0.717, 1.165) is 24.9 Å². The highest BCUT2D eigenvalue weighted by Gasteiger charge is 2.19. The Labute approximate surface area is 118 Å². The van der Waals surface area contributed by atoms with E-state index >= 15 is 0 Å². The molecular weight excluding hydrogens is 258 g/mol. The predicted molar refractivity (Wildman–Crippen MR) is 77.8 cm³/mol. The highest BCUT2D eigenvalue weighted by molar-refractivity contribution is 5.62. The maximum atomic E-state index is 11.1. The Morgan fingerprint density at radius 2 is 2.35 bits per heavy atom. The molecule has 0 spiro atoms. The Morgan fingerprint density at radius 1 is 1.55 bits per heavy atom. The van der Waals surface area contributed by atoms with Gasteiger partial charge in [0.15, 0.2) is 0 Å². The van der Waals surface area contributed by atoms with Crippen molar-refractivity contribution in [2.24, 2.45) is 0 Å². The van der Waals surface area contributed by atoms with Crippen LogP contribution in [-0.2, 0) is 6.54 Å². The van der Waals surface area contributed by atoms with Crippen LogP contribution in [0.2, 0.25) is 0 Å². The van der Waals surface area contributed by atoms with Crippen LogP contribution >= 0.6 is 0 Å². The van der Waals surface area contributed by atoms with Gasteiger partial charge in [-0.1, -0.05) is 6.07 Å². The Hall–Kier alpha value is -1.66. The molecular formula is C14H21N3O3. The molecule has 2 N–H and O–H groups in total. The number of anilines is 1. The van der Waals surface area contributed by atoms with E-state index in [2.05, 4.69) is 10.2 Å². The van der Waals surface area contributed by atoms with Gasteiger partial charge in [0, 0.05) is 25.7 Å². The number of nitro benzene ring substituents is 1. The molecule has 1 heterocycles. The number of nitro groups is 1.